The van der Waals surface area contributed by atoms with Crippen molar-refractivity contribution >= 4 is 17.6 Å². The molecule has 21 heavy (non-hydrogen) atoms. The smallest absolute Gasteiger partial charge is 0.325 e. The average Bonchev–Trinajstić information content (AvgIpc) is 2.36. The molecule has 0 spiro atoms. The molecule has 1 aromatic carbocycles. The molecule has 0 heterocycles. The van der Waals surface area contributed by atoms with Crippen LogP contribution in [0.5, 0.6) is 0 Å². The Balaban J connectivity index is 2.47. The molecule has 0 fully saturated rings. The number of esters is 2. The molecule has 0 aliphatic rings. The van der Waals surface area contributed by atoms with E-state index in [2.05, 4.69) is 5.32 Å². The van der Waals surface area contributed by atoms with Crippen molar-refractivity contribution in [3.63, 3.8) is 0 Å². The predicted molar refractivity (Wildman–Crippen MR) is 81.1 cm³/mol. The molecule has 1 N–H and O–H groups in total. The quantitative estimate of drug-likeness (QED) is 0.817. The molecule has 0 saturated heterocycles. The Labute approximate surface area is 125 Å². The molecule has 5 nitrogen and oxygen atoms in total. The van der Waals surface area contributed by atoms with Crippen LogP contribution in [0.1, 0.15) is 33.3 Å². The second-order valence-corrected chi connectivity index (χ2v) is 5.62. The zero-order valence-corrected chi connectivity index (χ0v) is 13.1. The fourth-order valence-electron chi connectivity index (χ4n) is 1.67. The van der Waals surface area contributed by atoms with Gasteiger partial charge in [-0.2, -0.15) is 0 Å². The predicted octanol–water partition coefficient (Wildman–Crippen LogP) is 2.55. The van der Waals surface area contributed by atoms with Gasteiger partial charge in [-0.25, -0.2) is 0 Å². The van der Waals surface area contributed by atoms with Crippen molar-refractivity contribution in [2.24, 2.45) is 0 Å². The van der Waals surface area contributed by atoms with Crippen molar-refractivity contribution in [1.82, 2.24) is 0 Å². The maximum absolute atomic E-state index is 11.7. The highest BCUT2D eigenvalue weighted by atomic mass is 16.6. The van der Waals surface area contributed by atoms with E-state index in [0.717, 1.165) is 11.3 Å². The first kappa shape index (κ1) is 17.0. The Bertz CT molecular complexity index is 474. The van der Waals surface area contributed by atoms with Gasteiger partial charge in [-0.3, -0.25) is 9.59 Å². The van der Waals surface area contributed by atoms with Crippen molar-refractivity contribution in [1.29, 1.82) is 0 Å². The monoisotopic (exact) mass is 293 g/mol. The van der Waals surface area contributed by atoms with Gasteiger partial charge in [0.1, 0.15) is 12.1 Å². The van der Waals surface area contributed by atoms with Crippen LogP contribution in [0.2, 0.25) is 0 Å². The molecule has 0 unspecified atom stereocenters. The minimum atomic E-state index is -0.474. The number of rotatable bonds is 6. The maximum atomic E-state index is 11.7. The Hall–Kier alpha value is -2.04. The first-order chi connectivity index (χ1) is 9.80. The third kappa shape index (κ3) is 7.34. The summed E-state index contributed by atoms with van der Waals surface area (Å²) in [5.41, 5.74) is 1.19. The first-order valence-corrected chi connectivity index (χ1v) is 7.00. The number of hydrogen-bond donors (Lipinski definition) is 1. The van der Waals surface area contributed by atoms with Gasteiger partial charge in [-0.15, -0.1) is 0 Å². The molecule has 0 aromatic heterocycles. The van der Waals surface area contributed by atoms with E-state index in [-0.39, 0.29) is 24.9 Å². The first-order valence-electron chi connectivity index (χ1n) is 7.00. The number of nitrogens with one attached hydrogen (secondary N) is 1. The van der Waals surface area contributed by atoms with Crippen LogP contribution in [0.25, 0.3) is 0 Å². The molecular formula is C16H23NO4. The molecular weight excluding hydrogens is 270 g/mol. The zero-order chi connectivity index (χ0) is 15.9. The van der Waals surface area contributed by atoms with Crippen molar-refractivity contribution in [3.8, 4) is 0 Å². The molecule has 0 atom stereocenters. The van der Waals surface area contributed by atoms with E-state index in [0.29, 0.717) is 6.61 Å². The van der Waals surface area contributed by atoms with Gasteiger partial charge >= 0.3 is 11.9 Å². The molecule has 116 valence electrons. The number of benzene rings is 1. The maximum Gasteiger partial charge on any atom is 0.325 e. The number of hydrogen-bond acceptors (Lipinski definition) is 5. The van der Waals surface area contributed by atoms with Crippen LogP contribution in [0.3, 0.4) is 0 Å². The van der Waals surface area contributed by atoms with E-state index < -0.39 is 5.60 Å². The highest BCUT2D eigenvalue weighted by Crippen LogP contribution is 2.13. The van der Waals surface area contributed by atoms with Gasteiger partial charge in [0.05, 0.1) is 13.0 Å². The number of ether oxygens (including phenoxy) is 2. The fourth-order valence-corrected chi connectivity index (χ4v) is 1.67. The number of carbonyl (C=O) groups is 2. The molecule has 0 amide bonds. The minimum Gasteiger partial charge on any atom is -0.465 e. The SMILES string of the molecule is CCOC(=O)CNc1ccc(CC(=O)OC(C)(C)C)cc1. The average molecular weight is 293 g/mol. The summed E-state index contributed by atoms with van der Waals surface area (Å²) >= 11 is 0. The molecule has 0 radical (unpaired) electrons. The minimum absolute atomic E-state index is 0.124. The summed E-state index contributed by atoms with van der Waals surface area (Å²) in [4.78, 5) is 22.9. The highest BCUT2D eigenvalue weighted by molar-refractivity contribution is 5.75. The lowest BCUT2D eigenvalue weighted by Gasteiger charge is -2.19. The summed E-state index contributed by atoms with van der Waals surface area (Å²) in [6, 6.07) is 7.30. The van der Waals surface area contributed by atoms with Gasteiger partial charge in [0.15, 0.2) is 0 Å². The van der Waals surface area contributed by atoms with Gasteiger partial charge < -0.3 is 14.8 Å². The second-order valence-electron chi connectivity index (χ2n) is 5.62. The van der Waals surface area contributed by atoms with Crippen molar-refractivity contribution < 1.29 is 19.1 Å². The highest BCUT2D eigenvalue weighted by Gasteiger charge is 2.16. The zero-order valence-electron chi connectivity index (χ0n) is 13.1. The Morgan fingerprint density at radius 3 is 2.24 bits per heavy atom. The van der Waals surface area contributed by atoms with Crippen LogP contribution in [-0.2, 0) is 25.5 Å². The van der Waals surface area contributed by atoms with Gasteiger partial charge in [-0.1, -0.05) is 12.1 Å². The molecule has 1 rings (SSSR count). The third-order valence-electron chi connectivity index (χ3n) is 2.46. The van der Waals surface area contributed by atoms with Gasteiger partial charge in [-0.05, 0) is 45.4 Å². The fraction of sp³-hybridized carbons (Fsp3) is 0.500. The lowest BCUT2D eigenvalue weighted by Crippen LogP contribution is -2.24. The van der Waals surface area contributed by atoms with Crippen LogP contribution in [0.15, 0.2) is 24.3 Å². The number of carbonyl (C=O) groups excluding carboxylic acids is 2. The largest absolute Gasteiger partial charge is 0.465 e. The standard InChI is InChI=1S/C16H23NO4/c1-5-20-15(19)11-17-13-8-6-12(7-9-13)10-14(18)21-16(2,3)4/h6-9,17H,5,10-11H2,1-4H3. The normalized spacial score (nSPS) is 10.9. The van der Waals surface area contributed by atoms with E-state index >= 15 is 0 Å². The van der Waals surface area contributed by atoms with E-state index in [4.69, 9.17) is 9.47 Å². The molecule has 0 aliphatic carbocycles. The van der Waals surface area contributed by atoms with Crippen molar-refractivity contribution in [2.45, 2.75) is 39.7 Å². The van der Waals surface area contributed by atoms with Crippen LogP contribution < -0.4 is 5.32 Å². The van der Waals surface area contributed by atoms with Gasteiger partial charge in [0, 0.05) is 5.69 Å². The van der Waals surface area contributed by atoms with Crippen LogP contribution in [0, 0.1) is 0 Å². The van der Waals surface area contributed by atoms with Gasteiger partial charge in [0.2, 0.25) is 0 Å². The van der Waals surface area contributed by atoms with E-state index in [1.54, 1.807) is 6.92 Å². The van der Waals surface area contributed by atoms with Crippen LogP contribution in [0.4, 0.5) is 5.69 Å². The van der Waals surface area contributed by atoms with Crippen LogP contribution >= 0.6 is 0 Å². The summed E-state index contributed by atoms with van der Waals surface area (Å²) in [6.07, 6.45) is 0.232. The summed E-state index contributed by atoms with van der Waals surface area (Å²) < 4.78 is 10.1. The van der Waals surface area contributed by atoms with Crippen molar-refractivity contribution in [2.75, 3.05) is 18.5 Å². The van der Waals surface area contributed by atoms with Crippen molar-refractivity contribution in [3.05, 3.63) is 29.8 Å². The number of anilines is 1. The molecule has 0 saturated carbocycles. The summed E-state index contributed by atoms with van der Waals surface area (Å²) in [6.45, 7) is 7.78. The Morgan fingerprint density at radius 1 is 1.10 bits per heavy atom. The lowest BCUT2D eigenvalue weighted by atomic mass is 10.1. The molecule has 0 bridgehead atoms. The Kier molecular flexibility index (Phi) is 6.21. The van der Waals surface area contributed by atoms with E-state index in [1.807, 2.05) is 45.0 Å². The molecule has 1 aromatic rings. The van der Waals surface area contributed by atoms with Gasteiger partial charge in [0.25, 0.3) is 0 Å². The van der Waals surface area contributed by atoms with E-state index in [9.17, 15) is 9.59 Å². The van der Waals surface area contributed by atoms with E-state index in [1.165, 1.54) is 0 Å². The third-order valence-corrected chi connectivity index (χ3v) is 2.46. The summed E-state index contributed by atoms with van der Waals surface area (Å²) in [5, 5.41) is 2.96. The lowest BCUT2D eigenvalue weighted by molar-refractivity contribution is -0.154. The molecule has 5 heteroatoms. The summed E-state index contributed by atoms with van der Waals surface area (Å²) in [7, 11) is 0. The summed E-state index contributed by atoms with van der Waals surface area (Å²) in [5.74, 6) is -0.551. The topological polar surface area (TPSA) is 64.6 Å². The molecule has 0 aliphatic heterocycles. The Morgan fingerprint density at radius 2 is 1.71 bits per heavy atom. The van der Waals surface area contributed by atoms with Crippen LogP contribution in [-0.4, -0.2) is 30.7 Å². The second kappa shape index (κ2) is 7.67.